The molecule has 1 aromatic rings. The van der Waals surface area contributed by atoms with Crippen LogP contribution in [0.3, 0.4) is 0 Å². The Morgan fingerprint density at radius 1 is 1.47 bits per heavy atom. The van der Waals surface area contributed by atoms with Gasteiger partial charge < -0.3 is 9.88 Å². The maximum Gasteiger partial charge on any atom is 0.0945 e. The minimum atomic E-state index is 0.346. The van der Waals surface area contributed by atoms with Gasteiger partial charge in [0, 0.05) is 26.3 Å². The van der Waals surface area contributed by atoms with Crippen molar-refractivity contribution in [1.82, 2.24) is 14.9 Å². The molecule has 1 aromatic heterocycles. The number of nitrogens with one attached hydrogen (secondary N) is 1. The summed E-state index contributed by atoms with van der Waals surface area (Å²) in [5.74, 6) is 0.691. The second kappa shape index (κ2) is 4.79. The molecule has 0 atom stereocenters. The highest BCUT2D eigenvalue weighted by atomic mass is 15.0. The van der Waals surface area contributed by atoms with Crippen molar-refractivity contribution in [2.24, 2.45) is 18.4 Å². The van der Waals surface area contributed by atoms with Gasteiger partial charge in [-0.2, -0.15) is 0 Å². The Bertz CT molecular complexity index is 300. The molecule has 0 aliphatic carbocycles. The van der Waals surface area contributed by atoms with Gasteiger partial charge in [-0.1, -0.05) is 27.7 Å². The molecule has 0 amide bonds. The molecule has 0 unspecified atom stereocenters. The number of rotatable bonds is 5. The van der Waals surface area contributed by atoms with E-state index in [2.05, 4.69) is 42.6 Å². The summed E-state index contributed by atoms with van der Waals surface area (Å²) in [6.45, 7) is 11.1. The maximum atomic E-state index is 4.09. The molecule has 0 aromatic carbocycles. The first kappa shape index (κ1) is 12.2. The molecule has 1 N–H and O–H groups in total. The fourth-order valence-electron chi connectivity index (χ4n) is 1.27. The van der Waals surface area contributed by atoms with Crippen LogP contribution >= 0.6 is 0 Å². The Morgan fingerprint density at radius 3 is 2.60 bits per heavy atom. The zero-order valence-electron chi connectivity index (χ0n) is 10.5. The van der Waals surface area contributed by atoms with E-state index < -0.39 is 0 Å². The standard InChI is InChI=1S/C12H23N3/c1-10(2)12(3,4)8-13-6-11-7-14-9-15(11)5/h7,9-10,13H,6,8H2,1-5H3. The lowest BCUT2D eigenvalue weighted by atomic mass is 9.81. The molecule has 0 fully saturated rings. The third-order valence-electron chi connectivity index (χ3n) is 3.37. The number of hydrogen-bond acceptors (Lipinski definition) is 2. The lowest BCUT2D eigenvalue weighted by Gasteiger charge is -2.29. The largest absolute Gasteiger partial charge is 0.337 e. The van der Waals surface area contributed by atoms with Crippen molar-refractivity contribution in [3.8, 4) is 0 Å². The first-order valence-corrected chi connectivity index (χ1v) is 5.59. The van der Waals surface area contributed by atoms with Gasteiger partial charge in [0.2, 0.25) is 0 Å². The smallest absolute Gasteiger partial charge is 0.0945 e. The molecule has 0 aliphatic rings. The van der Waals surface area contributed by atoms with E-state index in [1.807, 2.05) is 19.6 Å². The van der Waals surface area contributed by atoms with Crippen molar-refractivity contribution in [3.63, 3.8) is 0 Å². The lowest BCUT2D eigenvalue weighted by molar-refractivity contribution is 0.237. The predicted molar refractivity (Wildman–Crippen MR) is 63.5 cm³/mol. The van der Waals surface area contributed by atoms with E-state index in [4.69, 9.17) is 0 Å². The molecule has 3 heteroatoms. The first-order chi connectivity index (χ1) is 6.93. The molecule has 1 heterocycles. The summed E-state index contributed by atoms with van der Waals surface area (Å²) in [5, 5.41) is 3.49. The topological polar surface area (TPSA) is 29.9 Å². The molecule has 1 rings (SSSR count). The molecule has 0 radical (unpaired) electrons. The summed E-state index contributed by atoms with van der Waals surface area (Å²) in [5.41, 5.74) is 1.58. The molecular formula is C12H23N3. The maximum absolute atomic E-state index is 4.09. The fraction of sp³-hybridized carbons (Fsp3) is 0.750. The van der Waals surface area contributed by atoms with Crippen LogP contribution in [0.25, 0.3) is 0 Å². The zero-order chi connectivity index (χ0) is 11.5. The minimum absolute atomic E-state index is 0.346. The lowest BCUT2D eigenvalue weighted by Crippen LogP contribution is -2.33. The van der Waals surface area contributed by atoms with E-state index in [1.54, 1.807) is 0 Å². The number of imidazole rings is 1. The van der Waals surface area contributed by atoms with Gasteiger partial charge in [0.15, 0.2) is 0 Å². The second-order valence-electron chi connectivity index (χ2n) is 5.24. The highest BCUT2D eigenvalue weighted by Crippen LogP contribution is 2.24. The van der Waals surface area contributed by atoms with Crippen molar-refractivity contribution >= 4 is 0 Å². The SMILES string of the molecule is CC(C)C(C)(C)CNCc1cncn1C. The Kier molecular flexibility index (Phi) is 3.91. The van der Waals surface area contributed by atoms with Gasteiger partial charge in [0.05, 0.1) is 12.0 Å². The fourth-order valence-corrected chi connectivity index (χ4v) is 1.27. The Hall–Kier alpha value is -0.830. The van der Waals surface area contributed by atoms with E-state index in [0.29, 0.717) is 11.3 Å². The Balaban J connectivity index is 2.37. The van der Waals surface area contributed by atoms with Crippen LogP contribution in [0.1, 0.15) is 33.4 Å². The zero-order valence-corrected chi connectivity index (χ0v) is 10.5. The highest BCUT2D eigenvalue weighted by molar-refractivity contribution is 4.96. The van der Waals surface area contributed by atoms with Crippen molar-refractivity contribution < 1.29 is 0 Å². The number of nitrogens with zero attached hydrogens (tertiary/aromatic N) is 2. The van der Waals surface area contributed by atoms with Gasteiger partial charge in [-0.25, -0.2) is 4.98 Å². The van der Waals surface area contributed by atoms with E-state index in [-0.39, 0.29) is 0 Å². The van der Waals surface area contributed by atoms with E-state index >= 15 is 0 Å². The van der Waals surface area contributed by atoms with Crippen LogP contribution in [0.2, 0.25) is 0 Å². The quantitative estimate of drug-likeness (QED) is 0.805. The van der Waals surface area contributed by atoms with Crippen LogP contribution < -0.4 is 5.32 Å². The van der Waals surface area contributed by atoms with Crippen LogP contribution in [0, 0.1) is 11.3 Å². The Labute approximate surface area is 92.9 Å². The summed E-state index contributed by atoms with van der Waals surface area (Å²) < 4.78 is 2.05. The second-order valence-corrected chi connectivity index (χ2v) is 5.24. The number of hydrogen-bond donors (Lipinski definition) is 1. The van der Waals surface area contributed by atoms with Crippen LogP contribution in [-0.2, 0) is 13.6 Å². The summed E-state index contributed by atoms with van der Waals surface area (Å²) >= 11 is 0. The average molecular weight is 209 g/mol. The predicted octanol–water partition coefficient (Wildman–Crippen LogP) is 2.19. The molecule has 0 saturated carbocycles. The molecular weight excluding hydrogens is 186 g/mol. The van der Waals surface area contributed by atoms with Crippen molar-refractivity contribution in [2.45, 2.75) is 34.2 Å². The molecule has 86 valence electrons. The van der Waals surface area contributed by atoms with E-state index in [1.165, 1.54) is 5.69 Å². The van der Waals surface area contributed by atoms with Gasteiger partial charge in [-0.15, -0.1) is 0 Å². The third kappa shape index (κ3) is 3.34. The van der Waals surface area contributed by atoms with Crippen LogP contribution in [-0.4, -0.2) is 16.1 Å². The molecule has 0 spiro atoms. The molecule has 0 aliphatic heterocycles. The summed E-state index contributed by atoms with van der Waals surface area (Å²) in [6, 6.07) is 0. The first-order valence-electron chi connectivity index (χ1n) is 5.59. The molecule has 15 heavy (non-hydrogen) atoms. The molecule has 3 nitrogen and oxygen atoms in total. The van der Waals surface area contributed by atoms with Crippen LogP contribution in [0.15, 0.2) is 12.5 Å². The number of aryl methyl sites for hydroxylation is 1. The van der Waals surface area contributed by atoms with Crippen LogP contribution in [0.5, 0.6) is 0 Å². The summed E-state index contributed by atoms with van der Waals surface area (Å²) in [4.78, 5) is 4.09. The van der Waals surface area contributed by atoms with Crippen molar-refractivity contribution in [3.05, 3.63) is 18.2 Å². The van der Waals surface area contributed by atoms with E-state index in [0.717, 1.165) is 13.1 Å². The average Bonchev–Trinajstić information content (AvgIpc) is 2.51. The highest BCUT2D eigenvalue weighted by Gasteiger charge is 2.21. The van der Waals surface area contributed by atoms with Crippen molar-refractivity contribution in [2.75, 3.05) is 6.54 Å². The van der Waals surface area contributed by atoms with Gasteiger partial charge in [0.1, 0.15) is 0 Å². The number of aromatic nitrogens is 2. The third-order valence-corrected chi connectivity index (χ3v) is 3.37. The molecule has 0 bridgehead atoms. The normalized spacial score (nSPS) is 12.4. The Morgan fingerprint density at radius 2 is 2.13 bits per heavy atom. The van der Waals surface area contributed by atoms with Gasteiger partial charge in [-0.3, -0.25) is 0 Å². The summed E-state index contributed by atoms with van der Waals surface area (Å²) in [6.07, 6.45) is 3.75. The van der Waals surface area contributed by atoms with E-state index in [9.17, 15) is 0 Å². The van der Waals surface area contributed by atoms with Gasteiger partial charge in [-0.05, 0) is 11.3 Å². The van der Waals surface area contributed by atoms with Gasteiger partial charge in [0.25, 0.3) is 0 Å². The van der Waals surface area contributed by atoms with Crippen LogP contribution in [0.4, 0.5) is 0 Å². The summed E-state index contributed by atoms with van der Waals surface area (Å²) in [7, 11) is 2.03. The molecule has 0 saturated heterocycles. The van der Waals surface area contributed by atoms with Gasteiger partial charge >= 0.3 is 0 Å². The minimum Gasteiger partial charge on any atom is -0.337 e. The monoisotopic (exact) mass is 209 g/mol. The van der Waals surface area contributed by atoms with Crippen molar-refractivity contribution in [1.29, 1.82) is 0 Å².